The second-order valence-electron chi connectivity index (χ2n) is 5.55. The molecule has 1 fully saturated rings. The summed E-state index contributed by atoms with van der Waals surface area (Å²) < 4.78 is 30.1. The third-order valence-electron chi connectivity index (χ3n) is 3.77. The fraction of sp³-hybridized carbons (Fsp3) is 0.118. The topological polar surface area (TPSA) is 136 Å². The van der Waals surface area contributed by atoms with Gasteiger partial charge in [-0.25, -0.2) is 9.69 Å². The number of aromatic carboxylic acids is 1. The molecule has 2 aromatic rings. The maximum absolute atomic E-state index is 12.2. The van der Waals surface area contributed by atoms with Crippen LogP contribution in [0.2, 0.25) is 0 Å². The number of imide groups is 1. The van der Waals surface area contributed by atoms with Gasteiger partial charge in [-0.15, -0.1) is 0 Å². The number of hydrogen-bond acceptors (Lipinski definition) is 6. The number of benzene rings is 2. The number of ether oxygens (including phenoxy) is 1. The third kappa shape index (κ3) is 3.96. The number of anilines is 2. The zero-order valence-electron chi connectivity index (χ0n) is 13.7. The maximum Gasteiger partial charge on any atom is 0.335 e. The van der Waals surface area contributed by atoms with Crippen molar-refractivity contribution >= 4 is 40.4 Å². The summed E-state index contributed by atoms with van der Waals surface area (Å²) in [5.41, 5.74) is -0.667. The van der Waals surface area contributed by atoms with Crippen molar-refractivity contribution in [2.75, 3.05) is 9.62 Å². The van der Waals surface area contributed by atoms with Crippen LogP contribution in [0.5, 0.6) is 11.5 Å². The van der Waals surface area contributed by atoms with Gasteiger partial charge < -0.3 is 19.1 Å². The lowest BCUT2D eigenvalue weighted by Gasteiger charge is -2.22. The van der Waals surface area contributed by atoms with Gasteiger partial charge in [-0.1, -0.05) is 18.2 Å². The summed E-state index contributed by atoms with van der Waals surface area (Å²) in [4.78, 5) is 36.6. The van der Waals surface area contributed by atoms with Crippen molar-refractivity contribution in [3.05, 3.63) is 48.0 Å². The molecule has 0 bridgehead atoms. The molecule has 1 heterocycles. The first kappa shape index (κ1) is 18.5. The Morgan fingerprint density at radius 2 is 1.78 bits per heavy atom. The minimum absolute atomic E-state index is 0.0306. The SMILES string of the molecule is O=C(O)c1cc(NS(=O)[O-])c(Oc2ccccc2)c(N2C(=O)CCC2=O)c1. The average molecular weight is 389 g/mol. The van der Waals surface area contributed by atoms with Crippen LogP contribution in [-0.2, 0) is 20.9 Å². The molecule has 27 heavy (non-hydrogen) atoms. The number of carboxylic acids is 1. The third-order valence-corrected chi connectivity index (χ3v) is 4.15. The lowest BCUT2D eigenvalue weighted by atomic mass is 10.1. The molecule has 1 atom stereocenters. The Bertz CT molecular complexity index is 930. The van der Waals surface area contributed by atoms with Crippen LogP contribution in [0.4, 0.5) is 11.4 Å². The smallest absolute Gasteiger partial charge is 0.335 e. The fourth-order valence-corrected chi connectivity index (χ4v) is 2.96. The molecule has 2 aromatic carbocycles. The number of nitrogens with zero attached hydrogens (tertiary/aromatic N) is 1. The molecular formula is C17H13N2O7S-. The van der Waals surface area contributed by atoms with Crippen LogP contribution in [0, 0.1) is 0 Å². The molecule has 0 aromatic heterocycles. The highest BCUT2D eigenvalue weighted by atomic mass is 32.2. The Morgan fingerprint density at radius 1 is 1.15 bits per heavy atom. The van der Waals surface area contributed by atoms with Gasteiger partial charge in [0.15, 0.2) is 5.75 Å². The van der Waals surface area contributed by atoms with Crippen molar-refractivity contribution < 1.29 is 33.0 Å². The van der Waals surface area contributed by atoms with Gasteiger partial charge in [-0.3, -0.25) is 13.8 Å². The van der Waals surface area contributed by atoms with Crippen molar-refractivity contribution in [3.63, 3.8) is 0 Å². The highest BCUT2D eigenvalue weighted by molar-refractivity contribution is 7.80. The van der Waals surface area contributed by atoms with E-state index in [0.717, 1.165) is 17.0 Å². The molecule has 0 saturated carbocycles. The van der Waals surface area contributed by atoms with E-state index >= 15 is 0 Å². The van der Waals surface area contributed by atoms with Crippen LogP contribution in [0.25, 0.3) is 0 Å². The molecule has 9 nitrogen and oxygen atoms in total. The number of para-hydroxylation sites is 1. The first-order valence-electron chi connectivity index (χ1n) is 7.72. The van der Waals surface area contributed by atoms with Gasteiger partial charge in [0.2, 0.25) is 11.8 Å². The van der Waals surface area contributed by atoms with Crippen LogP contribution in [0.3, 0.4) is 0 Å². The predicted octanol–water partition coefficient (Wildman–Crippen LogP) is 2.04. The largest absolute Gasteiger partial charge is 0.755 e. The molecule has 0 radical (unpaired) electrons. The highest BCUT2D eigenvalue weighted by Crippen LogP contribution is 2.42. The Hall–Kier alpha value is -3.24. The molecule has 3 rings (SSSR count). The van der Waals surface area contributed by atoms with Crippen molar-refractivity contribution in [1.29, 1.82) is 0 Å². The zero-order valence-corrected chi connectivity index (χ0v) is 14.5. The van der Waals surface area contributed by atoms with Gasteiger partial charge in [0.25, 0.3) is 0 Å². The quantitative estimate of drug-likeness (QED) is 0.570. The summed E-state index contributed by atoms with van der Waals surface area (Å²) in [6, 6.07) is 10.4. The summed E-state index contributed by atoms with van der Waals surface area (Å²) in [6.45, 7) is 0. The summed E-state index contributed by atoms with van der Waals surface area (Å²) in [6.07, 6.45) is -0.0612. The van der Waals surface area contributed by atoms with Crippen LogP contribution in [-0.4, -0.2) is 31.7 Å². The van der Waals surface area contributed by atoms with Crippen molar-refractivity contribution in [2.24, 2.45) is 0 Å². The van der Waals surface area contributed by atoms with E-state index in [1.54, 1.807) is 30.3 Å². The van der Waals surface area contributed by atoms with Crippen LogP contribution >= 0.6 is 0 Å². The van der Waals surface area contributed by atoms with E-state index < -0.39 is 29.1 Å². The fourth-order valence-electron chi connectivity index (χ4n) is 2.63. The van der Waals surface area contributed by atoms with E-state index in [1.807, 2.05) is 0 Å². The summed E-state index contributed by atoms with van der Waals surface area (Å²) in [5, 5.41) is 9.31. The van der Waals surface area contributed by atoms with Crippen molar-refractivity contribution in [1.82, 2.24) is 0 Å². The minimum Gasteiger partial charge on any atom is -0.755 e. The molecule has 0 spiro atoms. The molecule has 2 amide bonds. The van der Waals surface area contributed by atoms with Gasteiger partial charge in [0.1, 0.15) is 5.75 Å². The molecule has 1 aliphatic rings. The van der Waals surface area contributed by atoms with E-state index in [-0.39, 0.29) is 35.5 Å². The first-order chi connectivity index (χ1) is 12.9. The summed E-state index contributed by atoms with van der Waals surface area (Å²) >= 11 is -2.79. The predicted molar refractivity (Wildman–Crippen MR) is 94.2 cm³/mol. The van der Waals surface area contributed by atoms with Gasteiger partial charge in [-0.05, 0) is 24.3 Å². The van der Waals surface area contributed by atoms with Gasteiger partial charge in [0.05, 0.1) is 16.9 Å². The monoisotopic (exact) mass is 389 g/mol. The number of carbonyl (C=O) groups excluding carboxylic acids is 2. The standard InChI is InChI=1S/C17H14N2O7S/c20-14-6-7-15(21)19(14)13-9-10(17(22)23)8-12(18-27(24)25)16(13)26-11-4-2-1-3-5-11/h1-5,8-9,18H,6-7H2,(H,22,23)(H,24,25)/p-1. The normalized spacial score (nSPS) is 14.9. The lowest BCUT2D eigenvalue weighted by Crippen LogP contribution is -2.29. The molecule has 1 aliphatic heterocycles. The Labute approximate surface area is 156 Å². The number of carboxylic acid groups (broad SMARTS) is 1. The van der Waals surface area contributed by atoms with Crippen LogP contribution < -0.4 is 14.4 Å². The van der Waals surface area contributed by atoms with E-state index in [0.29, 0.717) is 5.75 Å². The number of nitrogens with one attached hydrogen (secondary N) is 1. The maximum atomic E-state index is 12.2. The average Bonchev–Trinajstić information content (AvgIpc) is 2.95. The number of amides is 2. The van der Waals surface area contributed by atoms with Crippen LogP contribution in [0.1, 0.15) is 23.2 Å². The second-order valence-corrected chi connectivity index (χ2v) is 6.23. The van der Waals surface area contributed by atoms with E-state index in [9.17, 15) is 28.3 Å². The summed E-state index contributed by atoms with van der Waals surface area (Å²) in [5.74, 6) is -2.27. The molecule has 0 aliphatic carbocycles. The number of rotatable bonds is 6. The number of hydrogen-bond donors (Lipinski definition) is 2. The Balaban J connectivity index is 2.22. The van der Waals surface area contributed by atoms with Crippen molar-refractivity contribution in [2.45, 2.75) is 12.8 Å². The van der Waals surface area contributed by atoms with Gasteiger partial charge in [0, 0.05) is 24.1 Å². The van der Waals surface area contributed by atoms with E-state index in [4.69, 9.17) is 4.74 Å². The van der Waals surface area contributed by atoms with E-state index in [2.05, 4.69) is 4.72 Å². The Kier molecular flexibility index (Phi) is 5.19. The van der Waals surface area contributed by atoms with Gasteiger partial charge in [-0.2, -0.15) is 0 Å². The second kappa shape index (κ2) is 7.56. The molecule has 10 heteroatoms. The minimum atomic E-state index is -2.79. The molecule has 2 N–H and O–H groups in total. The summed E-state index contributed by atoms with van der Waals surface area (Å²) in [7, 11) is 0. The zero-order chi connectivity index (χ0) is 19.6. The lowest BCUT2D eigenvalue weighted by molar-refractivity contribution is -0.121. The van der Waals surface area contributed by atoms with Gasteiger partial charge >= 0.3 is 5.97 Å². The Morgan fingerprint density at radius 3 is 2.33 bits per heavy atom. The first-order valence-corrected chi connectivity index (χ1v) is 8.80. The van der Waals surface area contributed by atoms with E-state index in [1.165, 1.54) is 0 Å². The molecule has 1 unspecified atom stereocenters. The van der Waals surface area contributed by atoms with Crippen LogP contribution in [0.15, 0.2) is 42.5 Å². The molecule has 140 valence electrons. The number of carbonyl (C=O) groups is 3. The highest BCUT2D eigenvalue weighted by Gasteiger charge is 2.34. The molecular weight excluding hydrogens is 376 g/mol. The molecule has 1 saturated heterocycles. The van der Waals surface area contributed by atoms with Crippen molar-refractivity contribution in [3.8, 4) is 11.5 Å².